The minimum absolute atomic E-state index is 0.0734. The van der Waals surface area contributed by atoms with Crippen LogP contribution in [0, 0.1) is 0 Å². The van der Waals surface area contributed by atoms with Gasteiger partial charge in [-0.2, -0.15) is 0 Å². The Morgan fingerprint density at radius 1 is 1.18 bits per heavy atom. The van der Waals surface area contributed by atoms with Crippen molar-refractivity contribution in [2.45, 2.75) is 25.5 Å². The molecule has 0 bridgehead atoms. The first-order chi connectivity index (χ1) is 13.6. The van der Waals surface area contributed by atoms with Gasteiger partial charge in [-0.25, -0.2) is 14.6 Å². The van der Waals surface area contributed by atoms with Crippen molar-refractivity contribution in [1.29, 1.82) is 0 Å². The van der Waals surface area contributed by atoms with E-state index >= 15 is 0 Å². The topological polar surface area (TPSA) is 104 Å². The molecule has 7 nitrogen and oxygen atoms in total. The molecule has 0 unspecified atom stereocenters. The highest BCUT2D eigenvalue weighted by molar-refractivity contribution is 5.80. The second-order valence-electron chi connectivity index (χ2n) is 6.65. The average Bonchev–Trinajstić information content (AvgIpc) is 3.33. The number of benzene rings is 2. The third-order valence-electron chi connectivity index (χ3n) is 4.86. The van der Waals surface area contributed by atoms with Crippen molar-refractivity contribution < 1.29 is 19.4 Å². The summed E-state index contributed by atoms with van der Waals surface area (Å²) in [6, 6.07) is 13.0. The van der Waals surface area contributed by atoms with E-state index in [1.807, 2.05) is 24.3 Å². The monoisotopic (exact) mass is 377 g/mol. The molecule has 7 heteroatoms. The number of carbonyl (C=O) groups excluding carboxylic acids is 1. The highest BCUT2D eigenvalue weighted by Crippen LogP contribution is 2.38. The number of amides is 1. The van der Waals surface area contributed by atoms with Gasteiger partial charge in [-0.15, -0.1) is 0 Å². The summed E-state index contributed by atoms with van der Waals surface area (Å²) in [5, 5.41) is 11.7. The first kappa shape index (κ1) is 17.8. The maximum absolute atomic E-state index is 12.2. The lowest BCUT2D eigenvalue weighted by Crippen LogP contribution is -2.42. The van der Waals surface area contributed by atoms with Gasteiger partial charge in [0.2, 0.25) is 0 Å². The number of aromatic amines is 1. The molecule has 1 aliphatic carbocycles. The Bertz CT molecular complexity index is 1010. The first-order valence-corrected chi connectivity index (χ1v) is 8.94. The molecule has 1 aromatic heterocycles. The van der Waals surface area contributed by atoms with E-state index in [0.29, 0.717) is 5.69 Å². The minimum Gasteiger partial charge on any atom is -0.480 e. The normalized spacial score (nSPS) is 12.7. The van der Waals surface area contributed by atoms with E-state index in [1.54, 1.807) is 6.20 Å². The zero-order valence-electron chi connectivity index (χ0n) is 15.0. The van der Waals surface area contributed by atoms with Crippen molar-refractivity contribution in [2.24, 2.45) is 0 Å². The van der Waals surface area contributed by atoms with Crippen LogP contribution in [-0.2, 0) is 29.0 Å². The standard InChI is InChI=1S/C21H19N3O4/c25-20(26)19(9-15-10-22-12-23-15)24-21(27)28-11-14-5-3-7-17-16-6-2-1-4-13(16)8-18(14)17/h1-7,10,12,19H,8-9,11H2,(H,22,23)(H,24,27)(H,25,26)/t19-/m0/s1. The Morgan fingerprint density at radius 3 is 2.79 bits per heavy atom. The molecule has 4 rings (SSSR count). The molecule has 0 spiro atoms. The number of rotatable bonds is 6. The van der Waals surface area contributed by atoms with Crippen LogP contribution in [0.25, 0.3) is 11.1 Å². The molecule has 1 atom stereocenters. The Kier molecular flexibility index (Phi) is 4.80. The maximum Gasteiger partial charge on any atom is 0.408 e. The minimum atomic E-state index is -1.14. The van der Waals surface area contributed by atoms with E-state index in [9.17, 15) is 14.7 Å². The number of carboxylic acids is 1. The Labute approximate surface area is 161 Å². The lowest BCUT2D eigenvalue weighted by molar-refractivity contribution is -0.139. The molecule has 3 N–H and O–H groups in total. The summed E-state index contributed by atoms with van der Waals surface area (Å²) in [6.45, 7) is 0.0811. The largest absolute Gasteiger partial charge is 0.480 e. The van der Waals surface area contributed by atoms with Crippen LogP contribution in [0.2, 0.25) is 0 Å². The summed E-state index contributed by atoms with van der Waals surface area (Å²) >= 11 is 0. The molecule has 0 saturated heterocycles. The van der Waals surface area contributed by atoms with E-state index in [4.69, 9.17) is 4.74 Å². The fourth-order valence-electron chi connectivity index (χ4n) is 3.50. The molecule has 1 aliphatic rings. The van der Waals surface area contributed by atoms with Crippen molar-refractivity contribution >= 4 is 12.1 Å². The molecule has 142 valence electrons. The summed E-state index contributed by atoms with van der Waals surface area (Å²) in [6.07, 6.45) is 3.15. The fraction of sp³-hybridized carbons (Fsp3) is 0.190. The van der Waals surface area contributed by atoms with Crippen LogP contribution in [0.5, 0.6) is 0 Å². The number of carboxylic acid groups (broad SMARTS) is 1. The SMILES string of the molecule is O=C(N[C@@H](Cc1c[nH]cn1)C(=O)O)OCc1cccc2c1Cc1ccccc1-2. The van der Waals surface area contributed by atoms with Gasteiger partial charge in [0.1, 0.15) is 12.6 Å². The number of hydrogen-bond donors (Lipinski definition) is 3. The van der Waals surface area contributed by atoms with Gasteiger partial charge in [-0.3, -0.25) is 0 Å². The average molecular weight is 377 g/mol. The van der Waals surface area contributed by atoms with E-state index in [1.165, 1.54) is 17.5 Å². The summed E-state index contributed by atoms with van der Waals surface area (Å²) < 4.78 is 5.31. The second kappa shape index (κ2) is 7.56. The molecule has 0 radical (unpaired) electrons. The van der Waals surface area contributed by atoms with Crippen LogP contribution >= 0.6 is 0 Å². The summed E-state index contributed by atoms with van der Waals surface area (Å²) in [7, 11) is 0. The maximum atomic E-state index is 12.2. The zero-order chi connectivity index (χ0) is 19.5. The van der Waals surface area contributed by atoms with Crippen LogP contribution in [0.15, 0.2) is 55.0 Å². The molecular formula is C21H19N3O4. The molecule has 28 heavy (non-hydrogen) atoms. The van der Waals surface area contributed by atoms with Crippen LogP contribution in [0.3, 0.4) is 0 Å². The van der Waals surface area contributed by atoms with Crippen molar-refractivity contribution in [1.82, 2.24) is 15.3 Å². The number of ether oxygens (including phenoxy) is 1. The Morgan fingerprint density at radius 2 is 2.00 bits per heavy atom. The van der Waals surface area contributed by atoms with Crippen LogP contribution in [0.1, 0.15) is 22.4 Å². The number of nitrogens with one attached hydrogen (secondary N) is 2. The number of hydrogen-bond acceptors (Lipinski definition) is 4. The van der Waals surface area contributed by atoms with Crippen LogP contribution in [0.4, 0.5) is 4.79 Å². The first-order valence-electron chi connectivity index (χ1n) is 8.94. The number of imidazole rings is 1. The van der Waals surface area contributed by atoms with Gasteiger partial charge in [-0.05, 0) is 34.2 Å². The third-order valence-corrected chi connectivity index (χ3v) is 4.86. The second-order valence-corrected chi connectivity index (χ2v) is 6.65. The number of H-pyrrole nitrogens is 1. The molecule has 2 aromatic carbocycles. The van der Waals surface area contributed by atoms with Crippen LogP contribution < -0.4 is 5.32 Å². The van der Waals surface area contributed by atoms with Crippen molar-refractivity contribution in [2.75, 3.05) is 0 Å². The highest BCUT2D eigenvalue weighted by Gasteiger charge is 2.23. The lowest BCUT2D eigenvalue weighted by atomic mass is 10.0. The molecule has 0 saturated carbocycles. The Hall–Kier alpha value is -3.61. The van der Waals surface area contributed by atoms with E-state index in [0.717, 1.165) is 23.1 Å². The van der Waals surface area contributed by atoms with Gasteiger partial charge >= 0.3 is 12.1 Å². The lowest BCUT2D eigenvalue weighted by Gasteiger charge is -2.14. The number of aliphatic carboxylic acids is 1. The molecule has 1 amide bonds. The fourth-order valence-corrected chi connectivity index (χ4v) is 3.50. The number of aromatic nitrogens is 2. The number of carbonyl (C=O) groups is 2. The number of fused-ring (bicyclic) bond motifs is 3. The van der Waals surface area contributed by atoms with Gasteiger partial charge in [0, 0.05) is 12.6 Å². The number of nitrogens with zero attached hydrogens (tertiary/aromatic N) is 1. The van der Waals surface area contributed by atoms with Gasteiger partial charge in [-0.1, -0.05) is 42.5 Å². The molecule has 1 heterocycles. The van der Waals surface area contributed by atoms with E-state index in [-0.39, 0.29) is 13.0 Å². The van der Waals surface area contributed by atoms with E-state index in [2.05, 4.69) is 33.5 Å². The van der Waals surface area contributed by atoms with Crippen LogP contribution in [-0.4, -0.2) is 33.2 Å². The predicted octanol–water partition coefficient (Wildman–Crippen LogP) is 2.90. The Balaban J connectivity index is 1.41. The van der Waals surface area contributed by atoms with Gasteiger partial charge < -0.3 is 20.1 Å². The van der Waals surface area contributed by atoms with Gasteiger partial charge in [0.15, 0.2) is 0 Å². The molecule has 0 aliphatic heterocycles. The predicted molar refractivity (Wildman–Crippen MR) is 102 cm³/mol. The van der Waals surface area contributed by atoms with Crippen molar-refractivity contribution in [3.05, 3.63) is 77.4 Å². The molecule has 0 fully saturated rings. The number of alkyl carbamates (subject to hydrolysis) is 1. The smallest absolute Gasteiger partial charge is 0.408 e. The highest BCUT2D eigenvalue weighted by atomic mass is 16.5. The van der Waals surface area contributed by atoms with Crippen molar-refractivity contribution in [3.8, 4) is 11.1 Å². The molecular weight excluding hydrogens is 358 g/mol. The third kappa shape index (κ3) is 3.59. The quantitative estimate of drug-likeness (QED) is 0.479. The van der Waals surface area contributed by atoms with E-state index < -0.39 is 18.1 Å². The van der Waals surface area contributed by atoms with Crippen molar-refractivity contribution in [3.63, 3.8) is 0 Å². The van der Waals surface area contributed by atoms with Gasteiger partial charge in [0.25, 0.3) is 0 Å². The summed E-state index contributed by atoms with van der Waals surface area (Å²) in [5.41, 5.74) is 6.21. The molecule has 3 aromatic rings. The summed E-state index contributed by atoms with van der Waals surface area (Å²) in [5.74, 6) is -1.14. The van der Waals surface area contributed by atoms with Gasteiger partial charge in [0.05, 0.1) is 12.0 Å². The zero-order valence-corrected chi connectivity index (χ0v) is 15.0. The summed E-state index contributed by atoms with van der Waals surface area (Å²) in [4.78, 5) is 30.3.